The third-order valence-electron chi connectivity index (χ3n) is 3.74. The highest BCUT2D eigenvalue weighted by molar-refractivity contribution is 9.10. The lowest BCUT2D eigenvalue weighted by molar-refractivity contribution is -0.120. The average Bonchev–Trinajstić information content (AvgIpc) is 2.94. The quantitative estimate of drug-likeness (QED) is 0.697. The summed E-state index contributed by atoms with van der Waals surface area (Å²) in [4.78, 5) is 15.2. The SMILES string of the molecule is O=C(Cc1ccc(F)c(Br)c1)NCCc1c[nH]c2ccccc12. The Bertz CT molecular complexity index is 844. The Morgan fingerprint density at radius 3 is 2.87 bits per heavy atom. The van der Waals surface area contributed by atoms with Crippen LogP contribution in [0.25, 0.3) is 10.9 Å². The van der Waals surface area contributed by atoms with Crippen LogP contribution in [0.1, 0.15) is 11.1 Å². The van der Waals surface area contributed by atoms with Gasteiger partial charge in [-0.2, -0.15) is 0 Å². The van der Waals surface area contributed by atoms with Gasteiger partial charge in [0.2, 0.25) is 5.91 Å². The summed E-state index contributed by atoms with van der Waals surface area (Å²) in [7, 11) is 0. The molecule has 0 fully saturated rings. The van der Waals surface area contributed by atoms with Crippen LogP contribution in [0.2, 0.25) is 0 Å². The second kappa shape index (κ2) is 6.96. The predicted molar refractivity (Wildman–Crippen MR) is 92.8 cm³/mol. The minimum atomic E-state index is -0.325. The summed E-state index contributed by atoms with van der Waals surface area (Å²) >= 11 is 3.13. The molecule has 5 heteroatoms. The minimum Gasteiger partial charge on any atom is -0.361 e. The number of benzene rings is 2. The molecule has 23 heavy (non-hydrogen) atoms. The second-order valence-corrected chi connectivity index (χ2v) is 6.24. The molecule has 0 unspecified atom stereocenters. The van der Waals surface area contributed by atoms with E-state index in [0.29, 0.717) is 11.0 Å². The van der Waals surface area contributed by atoms with Crippen LogP contribution < -0.4 is 5.32 Å². The van der Waals surface area contributed by atoms with E-state index < -0.39 is 0 Å². The molecule has 2 N–H and O–H groups in total. The van der Waals surface area contributed by atoms with Crippen molar-refractivity contribution in [3.8, 4) is 0 Å². The summed E-state index contributed by atoms with van der Waals surface area (Å²) in [6, 6.07) is 12.7. The number of rotatable bonds is 5. The maximum absolute atomic E-state index is 13.2. The molecule has 0 aliphatic heterocycles. The highest BCUT2D eigenvalue weighted by atomic mass is 79.9. The van der Waals surface area contributed by atoms with Gasteiger partial charge in [-0.1, -0.05) is 24.3 Å². The number of carbonyl (C=O) groups is 1. The van der Waals surface area contributed by atoms with Crippen LogP contribution >= 0.6 is 15.9 Å². The molecule has 0 aliphatic carbocycles. The molecular formula is C18H16BrFN2O. The summed E-state index contributed by atoms with van der Waals surface area (Å²) in [5, 5.41) is 4.09. The van der Waals surface area contributed by atoms with Gasteiger partial charge in [0.05, 0.1) is 10.9 Å². The molecular weight excluding hydrogens is 359 g/mol. The fourth-order valence-electron chi connectivity index (χ4n) is 2.57. The van der Waals surface area contributed by atoms with E-state index in [1.165, 1.54) is 17.0 Å². The van der Waals surface area contributed by atoms with E-state index in [1.807, 2.05) is 24.4 Å². The molecule has 1 heterocycles. The fourth-order valence-corrected chi connectivity index (χ4v) is 3.00. The van der Waals surface area contributed by atoms with E-state index in [-0.39, 0.29) is 18.1 Å². The molecule has 3 aromatic rings. The zero-order chi connectivity index (χ0) is 16.2. The van der Waals surface area contributed by atoms with Crippen molar-refractivity contribution in [2.24, 2.45) is 0 Å². The van der Waals surface area contributed by atoms with Gasteiger partial charge in [-0.15, -0.1) is 0 Å². The molecule has 2 aromatic carbocycles. The Balaban J connectivity index is 1.54. The molecule has 0 atom stereocenters. The highest BCUT2D eigenvalue weighted by Gasteiger charge is 2.07. The van der Waals surface area contributed by atoms with Crippen LogP contribution in [0.5, 0.6) is 0 Å². The van der Waals surface area contributed by atoms with E-state index in [4.69, 9.17) is 0 Å². The van der Waals surface area contributed by atoms with E-state index in [0.717, 1.165) is 17.5 Å². The summed E-state index contributed by atoms with van der Waals surface area (Å²) < 4.78 is 13.5. The van der Waals surface area contributed by atoms with Crippen molar-refractivity contribution >= 4 is 32.7 Å². The largest absolute Gasteiger partial charge is 0.361 e. The molecule has 1 amide bonds. The molecule has 0 aliphatic rings. The molecule has 0 saturated carbocycles. The van der Waals surface area contributed by atoms with Gasteiger partial charge in [-0.3, -0.25) is 4.79 Å². The van der Waals surface area contributed by atoms with E-state index >= 15 is 0 Å². The van der Waals surface area contributed by atoms with Crippen molar-refractivity contribution in [3.63, 3.8) is 0 Å². The van der Waals surface area contributed by atoms with Crippen LogP contribution in [0.4, 0.5) is 4.39 Å². The molecule has 1 aromatic heterocycles. The summed E-state index contributed by atoms with van der Waals surface area (Å²) in [6.07, 6.45) is 2.99. The van der Waals surface area contributed by atoms with Crippen molar-refractivity contribution in [1.29, 1.82) is 0 Å². The molecule has 0 spiro atoms. The van der Waals surface area contributed by atoms with Crippen molar-refractivity contribution < 1.29 is 9.18 Å². The fraction of sp³-hybridized carbons (Fsp3) is 0.167. The van der Waals surface area contributed by atoms with E-state index in [1.54, 1.807) is 12.1 Å². The summed E-state index contributed by atoms with van der Waals surface area (Å²) in [5.74, 6) is -0.392. The zero-order valence-electron chi connectivity index (χ0n) is 12.4. The van der Waals surface area contributed by atoms with Crippen molar-refractivity contribution in [1.82, 2.24) is 10.3 Å². The van der Waals surface area contributed by atoms with Crippen LogP contribution in [0.3, 0.4) is 0 Å². The van der Waals surface area contributed by atoms with Crippen LogP contribution in [-0.2, 0) is 17.6 Å². The van der Waals surface area contributed by atoms with Crippen molar-refractivity contribution in [2.75, 3.05) is 6.54 Å². The maximum atomic E-state index is 13.2. The normalized spacial score (nSPS) is 10.9. The van der Waals surface area contributed by atoms with Gasteiger partial charge in [0.25, 0.3) is 0 Å². The summed E-state index contributed by atoms with van der Waals surface area (Å²) in [6.45, 7) is 0.572. The van der Waals surface area contributed by atoms with E-state index in [9.17, 15) is 9.18 Å². The molecule has 3 rings (SSSR count). The van der Waals surface area contributed by atoms with Crippen molar-refractivity contribution in [3.05, 3.63) is 70.1 Å². The lowest BCUT2D eigenvalue weighted by Gasteiger charge is -2.06. The van der Waals surface area contributed by atoms with Crippen LogP contribution in [0.15, 0.2) is 53.1 Å². The second-order valence-electron chi connectivity index (χ2n) is 5.38. The number of fused-ring (bicyclic) bond motifs is 1. The van der Waals surface area contributed by atoms with Crippen LogP contribution in [0, 0.1) is 5.82 Å². The number of halogens is 2. The molecule has 0 bridgehead atoms. The van der Waals surface area contributed by atoms with Gasteiger partial charge in [0, 0.05) is 23.6 Å². The number of amides is 1. The smallest absolute Gasteiger partial charge is 0.224 e. The molecule has 0 saturated heterocycles. The zero-order valence-corrected chi connectivity index (χ0v) is 14.0. The lowest BCUT2D eigenvalue weighted by Crippen LogP contribution is -2.27. The minimum absolute atomic E-state index is 0.0663. The molecule has 0 radical (unpaired) electrons. The first kappa shape index (κ1) is 15.7. The Kier molecular flexibility index (Phi) is 4.76. The maximum Gasteiger partial charge on any atom is 0.224 e. The van der Waals surface area contributed by atoms with Crippen LogP contribution in [-0.4, -0.2) is 17.4 Å². The van der Waals surface area contributed by atoms with Gasteiger partial charge in [-0.25, -0.2) is 4.39 Å². The number of para-hydroxylation sites is 1. The number of carbonyl (C=O) groups excluding carboxylic acids is 1. The third-order valence-corrected chi connectivity index (χ3v) is 4.35. The Labute approximate surface area is 142 Å². The number of hydrogen-bond donors (Lipinski definition) is 2. The first-order chi connectivity index (χ1) is 11.1. The molecule has 118 valence electrons. The predicted octanol–water partition coefficient (Wildman–Crippen LogP) is 3.97. The third kappa shape index (κ3) is 3.79. The number of hydrogen-bond acceptors (Lipinski definition) is 1. The lowest BCUT2D eigenvalue weighted by atomic mass is 10.1. The van der Waals surface area contributed by atoms with Gasteiger partial charge in [0.15, 0.2) is 0 Å². The Hall–Kier alpha value is -2.14. The first-order valence-corrected chi connectivity index (χ1v) is 8.18. The Morgan fingerprint density at radius 2 is 2.04 bits per heavy atom. The average molecular weight is 375 g/mol. The monoisotopic (exact) mass is 374 g/mol. The number of H-pyrrole nitrogens is 1. The molecule has 3 nitrogen and oxygen atoms in total. The van der Waals surface area contributed by atoms with Gasteiger partial charge in [0.1, 0.15) is 5.82 Å². The summed E-state index contributed by atoms with van der Waals surface area (Å²) in [5.41, 5.74) is 3.07. The van der Waals surface area contributed by atoms with E-state index in [2.05, 4.69) is 32.3 Å². The highest BCUT2D eigenvalue weighted by Crippen LogP contribution is 2.18. The first-order valence-electron chi connectivity index (χ1n) is 7.39. The standard InChI is InChI=1S/C18H16BrFN2O/c19-15-9-12(5-6-16(15)20)10-18(23)21-8-7-13-11-22-17-4-2-1-3-14(13)17/h1-6,9,11,22H,7-8,10H2,(H,21,23). The number of aromatic amines is 1. The Morgan fingerprint density at radius 1 is 1.22 bits per heavy atom. The van der Waals surface area contributed by atoms with Gasteiger partial charge < -0.3 is 10.3 Å². The number of aromatic nitrogens is 1. The van der Waals surface area contributed by atoms with Gasteiger partial charge >= 0.3 is 0 Å². The van der Waals surface area contributed by atoms with Gasteiger partial charge in [-0.05, 0) is 51.7 Å². The topological polar surface area (TPSA) is 44.9 Å². The number of nitrogens with one attached hydrogen (secondary N) is 2. The van der Waals surface area contributed by atoms with Crippen molar-refractivity contribution in [2.45, 2.75) is 12.8 Å².